The summed E-state index contributed by atoms with van der Waals surface area (Å²) in [7, 11) is 0. The van der Waals surface area contributed by atoms with Crippen LogP contribution < -0.4 is 34.0 Å². The molecule has 4 aliphatic rings. The number of aliphatic hydroxyl groups is 6. The van der Waals surface area contributed by atoms with Gasteiger partial charge < -0.3 is 93.0 Å². The highest BCUT2D eigenvalue weighted by Crippen LogP contribution is 2.37. The number of rotatable bonds is 16. The number of ether oxygens (including phenoxy) is 6. The number of nitrogens with one attached hydrogen (secondary N) is 1. The van der Waals surface area contributed by atoms with Crippen LogP contribution in [0.3, 0.4) is 0 Å². The molecule has 16 atom stereocenters. The van der Waals surface area contributed by atoms with Gasteiger partial charge in [0, 0.05) is 19.2 Å². The van der Waals surface area contributed by atoms with Crippen LogP contribution in [0.4, 0.5) is 0 Å². The summed E-state index contributed by atoms with van der Waals surface area (Å²) < 4.78 is 36.0. The van der Waals surface area contributed by atoms with Gasteiger partial charge in [-0.3, -0.25) is 0 Å². The van der Waals surface area contributed by atoms with E-state index in [2.05, 4.69) is 5.32 Å². The summed E-state index contributed by atoms with van der Waals surface area (Å²) in [5.74, 6) is 0.258. The lowest BCUT2D eigenvalue weighted by atomic mass is 9.77. The van der Waals surface area contributed by atoms with Gasteiger partial charge in [-0.25, -0.2) is 0 Å². The van der Waals surface area contributed by atoms with E-state index < -0.39 is 98.5 Å². The Hall–Kier alpha value is -1.14. The van der Waals surface area contributed by atoms with E-state index in [0.29, 0.717) is 51.1 Å². The van der Waals surface area contributed by atoms with E-state index in [9.17, 15) is 30.6 Å². The number of hydrogen-bond acceptors (Lipinski definition) is 18. The average Bonchev–Trinajstić information content (AvgIpc) is 3.36. The molecule has 0 aromatic heterocycles. The van der Waals surface area contributed by atoms with Gasteiger partial charge in [0.1, 0.15) is 54.6 Å². The Morgan fingerprint density at radius 1 is 0.787 bits per heavy atom. The first kappa shape index (κ1) is 38.7. The molecule has 0 radical (unpaired) electrons. The van der Waals surface area contributed by atoms with Crippen LogP contribution in [0.15, 0.2) is 11.8 Å². The zero-order valence-electron chi connectivity index (χ0n) is 26.6. The summed E-state index contributed by atoms with van der Waals surface area (Å²) in [5.41, 5.74) is 30.2. The molecule has 1 aliphatic carbocycles. The Morgan fingerprint density at radius 2 is 1.49 bits per heavy atom. The molecular weight excluding hydrogens is 624 g/mol. The highest BCUT2D eigenvalue weighted by molar-refractivity contribution is 5.04. The van der Waals surface area contributed by atoms with Gasteiger partial charge in [-0.05, 0) is 57.2 Å². The van der Waals surface area contributed by atoms with Gasteiger partial charge in [-0.15, -0.1) is 0 Å². The summed E-state index contributed by atoms with van der Waals surface area (Å²) in [6.07, 6.45) is -10.3. The topological polar surface area (TPSA) is 319 Å². The molecule has 3 fully saturated rings. The van der Waals surface area contributed by atoms with Crippen molar-refractivity contribution in [2.45, 2.75) is 124 Å². The van der Waals surface area contributed by atoms with Gasteiger partial charge in [-0.2, -0.15) is 0 Å². The Labute approximate surface area is 274 Å². The van der Waals surface area contributed by atoms with Gasteiger partial charge >= 0.3 is 0 Å². The fraction of sp³-hybridized carbons (Fsp3) is 0.931. The smallest absolute Gasteiger partial charge is 0.215 e. The maximum absolute atomic E-state index is 11.5. The number of aliphatic hydroxyl groups excluding tert-OH is 6. The van der Waals surface area contributed by atoms with Crippen molar-refractivity contribution in [2.75, 3.05) is 39.4 Å². The minimum Gasteiger partial charge on any atom is -0.467 e. The molecule has 3 heterocycles. The second kappa shape index (κ2) is 18.2. The molecule has 18 nitrogen and oxygen atoms in total. The zero-order valence-corrected chi connectivity index (χ0v) is 26.6. The predicted octanol–water partition coefficient (Wildman–Crippen LogP) is -5.67. The second-order valence-electron chi connectivity index (χ2n) is 12.7. The molecule has 3 aliphatic heterocycles. The first-order valence-corrected chi connectivity index (χ1v) is 16.5. The summed E-state index contributed by atoms with van der Waals surface area (Å²) in [6.45, 7) is 0.891. The monoisotopic (exact) mass is 680 g/mol. The van der Waals surface area contributed by atoms with Crippen molar-refractivity contribution >= 4 is 0 Å². The Bertz CT molecular complexity index is 973. The van der Waals surface area contributed by atoms with E-state index in [0.717, 1.165) is 6.42 Å². The van der Waals surface area contributed by atoms with Crippen LogP contribution in [0.25, 0.3) is 0 Å². The average molecular weight is 681 g/mol. The van der Waals surface area contributed by atoms with Gasteiger partial charge in [-0.1, -0.05) is 0 Å². The standard InChI is InChI=1S/C29H56N6O12/c30-6-2-7-35-11-14-4-5-15(32)27(42-14)45-24-16(33)9-13(3-1-8-36)20(38)26(24)47-29-23(41)25(18(12-37)44-29)46-28-19(34)22(40)21(39)17(10-31)43-28/h4,13,15-29,35-41H,1-3,5-12,30-34H2/t13-,15-,16+,17+,18-,19-,20+,21-,22-,23-,24-,25-,26-,27-,28-,29+/m1/s1. The van der Waals surface area contributed by atoms with Crippen LogP contribution in [0.1, 0.15) is 32.1 Å². The molecule has 18 heteroatoms. The fourth-order valence-electron chi connectivity index (χ4n) is 6.52. The second-order valence-corrected chi connectivity index (χ2v) is 12.7. The first-order valence-electron chi connectivity index (χ1n) is 16.5. The lowest BCUT2D eigenvalue weighted by Gasteiger charge is -2.46. The molecule has 47 heavy (non-hydrogen) atoms. The number of hydrogen-bond donors (Lipinski definition) is 12. The highest BCUT2D eigenvalue weighted by atomic mass is 16.8. The maximum atomic E-state index is 11.5. The van der Waals surface area contributed by atoms with E-state index >= 15 is 0 Å². The fourth-order valence-corrected chi connectivity index (χ4v) is 6.52. The SMILES string of the molecule is NCCCNCC1=CC[C@@H](N)[C@@H](O[C@H]2[C@H](O[C@@H]3O[C@H](CO)[C@@H](O[C@H]4O[C@@H](CN)[C@@H](O)[C@H](O)[C@H]4N)[C@H]3O)[C@@H](O)[C@H](CCCO)C[C@@H]2N)O1. The molecule has 0 aromatic carbocycles. The van der Waals surface area contributed by atoms with E-state index in [1.807, 2.05) is 6.08 Å². The van der Waals surface area contributed by atoms with Crippen molar-refractivity contribution in [1.29, 1.82) is 0 Å². The summed E-state index contributed by atoms with van der Waals surface area (Å²) in [5, 5.41) is 66.2. The third-order valence-corrected chi connectivity index (χ3v) is 9.29. The first-order chi connectivity index (χ1) is 22.5. The summed E-state index contributed by atoms with van der Waals surface area (Å²) in [6, 6.07) is -2.42. The molecule has 0 amide bonds. The third-order valence-electron chi connectivity index (χ3n) is 9.29. The molecule has 17 N–H and O–H groups in total. The Morgan fingerprint density at radius 3 is 2.17 bits per heavy atom. The van der Waals surface area contributed by atoms with Crippen LogP contribution >= 0.6 is 0 Å². The molecule has 0 aromatic rings. The highest BCUT2D eigenvalue weighted by Gasteiger charge is 2.53. The van der Waals surface area contributed by atoms with Gasteiger partial charge in [0.05, 0.1) is 31.3 Å². The zero-order chi connectivity index (χ0) is 34.2. The summed E-state index contributed by atoms with van der Waals surface area (Å²) in [4.78, 5) is 0. The normalized spacial score (nSPS) is 44.3. The molecule has 0 unspecified atom stereocenters. The molecule has 274 valence electrons. The van der Waals surface area contributed by atoms with Crippen molar-refractivity contribution in [2.24, 2.45) is 34.6 Å². The molecule has 2 saturated heterocycles. The Kier molecular flexibility index (Phi) is 15.0. The van der Waals surface area contributed by atoms with Crippen molar-refractivity contribution in [1.82, 2.24) is 5.32 Å². The van der Waals surface area contributed by atoms with Crippen molar-refractivity contribution < 1.29 is 59.1 Å². The van der Waals surface area contributed by atoms with E-state index in [4.69, 9.17) is 57.1 Å². The molecule has 1 saturated carbocycles. The lowest BCUT2D eigenvalue weighted by Crippen LogP contribution is -2.64. The van der Waals surface area contributed by atoms with E-state index in [1.54, 1.807) is 0 Å². The van der Waals surface area contributed by atoms with Crippen molar-refractivity contribution in [3.05, 3.63) is 11.8 Å². The van der Waals surface area contributed by atoms with Crippen LogP contribution in [0.2, 0.25) is 0 Å². The number of nitrogens with two attached hydrogens (primary N) is 5. The molecule has 4 rings (SSSR count). The predicted molar refractivity (Wildman–Crippen MR) is 165 cm³/mol. The van der Waals surface area contributed by atoms with Crippen LogP contribution in [-0.2, 0) is 28.4 Å². The third kappa shape index (κ3) is 9.35. The van der Waals surface area contributed by atoms with Crippen LogP contribution in [0.5, 0.6) is 0 Å². The molecular formula is C29H56N6O12. The lowest BCUT2D eigenvalue weighted by molar-refractivity contribution is -0.283. The Balaban J connectivity index is 1.49. The largest absolute Gasteiger partial charge is 0.467 e. The maximum Gasteiger partial charge on any atom is 0.215 e. The van der Waals surface area contributed by atoms with Gasteiger partial charge in [0.15, 0.2) is 12.6 Å². The van der Waals surface area contributed by atoms with Crippen molar-refractivity contribution in [3.8, 4) is 0 Å². The quantitative estimate of drug-likeness (QED) is 0.0676. The minimum atomic E-state index is -1.53. The summed E-state index contributed by atoms with van der Waals surface area (Å²) >= 11 is 0. The van der Waals surface area contributed by atoms with E-state index in [-0.39, 0.29) is 19.1 Å². The molecule has 0 spiro atoms. The van der Waals surface area contributed by atoms with Crippen LogP contribution in [0, 0.1) is 5.92 Å². The van der Waals surface area contributed by atoms with Crippen LogP contribution in [-0.4, -0.2) is 162 Å². The van der Waals surface area contributed by atoms with E-state index in [1.165, 1.54) is 0 Å². The van der Waals surface area contributed by atoms with Gasteiger partial charge in [0.25, 0.3) is 0 Å². The minimum absolute atomic E-state index is 0.0765. The molecule has 0 bridgehead atoms. The van der Waals surface area contributed by atoms with Crippen molar-refractivity contribution in [3.63, 3.8) is 0 Å². The van der Waals surface area contributed by atoms with Gasteiger partial charge in [0.2, 0.25) is 6.29 Å².